The fourth-order valence-corrected chi connectivity index (χ4v) is 6.14. The summed E-state index contributed by atoms with van der Waals surface area (Å²) in [5, 5.41) is 4.25. The van der Waals surface area contributed by atoms with Gasteiger partial charge < -0.3 is 14.5 Å². The van der Waals surface area contributed by atoms with E-state index < -0.39 is 41.8 Å². The molecule has 0 N–H and O–H groups in total. The minimum absolute atomic E-state index is 0.0207. The standard InChI is InChI=1S/C33H38F9N5O2/c1-4-46(18-22-8-6-21(7-9-22)14-29(48)49-5-2)30-24(15-27(17-43-30)33(40,41)42)20-47(28-10-11-45(3)44-28)19-23-12-25(31(34,35)36)16-26(13-23)32(37,38)39/h10-13,15-17,21-22H,4-9,14,18-20H2,1-3H3/t21-,22-. The lowest BCUT2D eigenvalue weighted by Gasteiger charge is -2.34. The van der Waals surface area contributed by atoms with Crippen LogP contribution in [-0.4, -0.2) is 40.4 Å². The Morgan fingerprint density at radius 1 is 0.837 bits per heavy atom. The minimum atomic E-state index is -5.08. The Hall–Kier alpha value is -3.98. The maximum Gasteiger partial charge on any atom is 0.417 e. The summed E-state index contributed by atoms with van der Waals surface area (Å²) in [6.45, 7) is 3.77. The first-order valence-corrected chi connectivity index (χ1v) is 15.9. The summed E-state index contributed by atoms with van der Waals surface area (Å²) in [5.41, 5.74) is -4.36. The van der Waals surface area contributed by atoms with Crippen molar-refractivity contribution in [1.82, 2.24) is 14.8 Å². The van der Waals surface area contributed by atoms with E-state index in [1.54, 1.807) is 14.0 Å². The van der Waals surface area contributed by atoms with Crippen molar-refractivity contribution >= 4 is 17.6 Å². The molecule has 0 amide bonds. The topological polar surface area (TPSA) is 63.5 Å². The molecule has 4 rings (SSSR count). The maximum absolute atomic E-state index is 13.9. The lowest BCUT2D eigenvalue weighted by Crippen LogP contribution is -2.34. The van der Waals surface area contributed by atoms with Crippen LogP contribution in [0.25, 0.3) is 0 Å². The fraction of sp³-hybridized carbons (Fsp3) is 0.545. The van der Waals surface area contributed by atoms with Crippen molar-refractivity contribution in [2.45, 2.75) is 77.6 Å². The largest absolute Gasteiger partial charge is 0.466 e. The van der Waals surface area contributed by atoms with E-state index in [1.165, 1.54) is 21.8 Å². The predicted molar refractivity (Wildman–Crippen MR) is 163 cm³/mol. The second kappa shape index (κ2) is 15.3. The highest BCUT2D eigenvalue weighted by Crippen LogP contribution is 2.38. The van der Waals surface area contributed by atoms with E-state index in [0.717, 1.165) is 31.7 Å². The number of alkyl halides is 9. The van der Waals surface area contributed by atoms with E-state index in [2.05, 4.69) is 10.1 Å². The van der Waals surface area contributed by atoms with Gasteiger partial charge in [-0.25, -0.2) is 4.98 Å². The molecule has 1 fully saturated rings. The number of hydrogen-bond donors (Lipinski definition) is 0. The van der Waals surface area contributed by atoms with Crippen LogP contribution < -0.4 is 9.80 Å². The number of halogens is 9. The van der Waals surface area contributed by atoms with Gasteiger partial charge in [-0.2, -0.15) is 44.6 Å². The van der Waals surface area contributed by atoms with E-state index in [-0.39, 0.29) is 53.2 Å². The van der Waals surface area contributed by atoms with Crippen LogP contribution in [0.5, 0.6) is 0 Å². The molecule has 49 heavy (non-hydrogen) atoms. The van der Waals surface area contributed by atoms with Gasteiger partial charge in [0.05, 0.1) is 23.3 Å². The van der Waals surface area contributed by atoms with E-state index in [0.29, 0.717) is 44.4 Å². The van der Waals surface area contributed by atoms with Crippen LogP contribution in [0.3, 0.4) is 0 Å². The average molecular weight is 708 g/mol. The number of pyridine rings is 1. The molecule has 7 nitrogen and oxygen atoms in total. The second-order valence-electron chi connectivity index (χ2n) is 12.3. The molecule has 0 unspecified atom stereocenters. The van der Waals surface area contributed by atoms with Gasteiger partial charge in [-0.3, -0.25) is 9.48 Å². The molecule has 2 heterocycles. The number of carbonyl (C=O) groups is 1. The normalized spacial score (nSPS) is 17.2. The van der Waals surface area contributed by atoms with Crippen LogP contribution in [0.15, 0.2) is 42.7 Å². The molecule has 270 valence electrons. The molecule has 1 aromatic carbocycles. The molecule has 0 bridgehead atoms. The summed E-state index contributed by atoms with van der Waals surface area (Å²) in [5.74, 6) is 0.403. The van der Waals surface area contributed by atoms with Gasteiger partial charge in [0.15, 0.2) is 5.82 Å². The Morgan fingerprint density at radius 2 is 1.43 bits per heavy atom. The fourth-order valence-electron chi connectivity index (χ4n) is 6.14. The van der Waals surface area contributed by atoms with Crippen LogP contribution in [0, 0.1) is 11.8 Å². The third kappa shape index (κ3) is 10.3. The number of carbonyl (C=O) groups excluding carboxylic acids is 1. The summed E-state index contributed by atoms with van der Waals surface area (Å²) in [7, 11) is 1.55. The zero-order valence-corrected chi connectivity index (χ0v) is 27.2. The zero-order valence-electron chi connectivity index (χ0n) is 27.2. The Morgan fingerprint density at radius 3 is 1.94 bits per heavy atom. The van der Waals surface area contributed by atoms with Gasteiger partial charge in [-0.05, 0) is 81.2 Å². The highest BCUT2D eigenvalue weighted by atomic mass is 19.4. The molecular weight excluding hydrogens is 669 g/mol. The maximum atomic E-state index is 13.9. The number of aryl methyl sites for hydroxylation is 1. The number of aromatic nitrogens is 3. The van der Waals surface area contributed by atoms with Crippen molar-refractivity contribution in [3.8, 4) is 0 Å². The molecule has 2 aromatic heterocycles. The Kier molecular flexibility index (Phi) is 11.8. The smallest absolute Gasteiger partial charge is 0.417 e. The summed E-state index contributed by atoms with van der Waals surface area (Å²) >= 11 is 0. The van der Waals surface area contributed by atoms with Crippen molar-refractivity contribution in [2.24, 2.45) is 18.9 Å². The van der Waals surface area contributed by atoms with Gasteiger partial charge in [-0.1, -0.05) is 0 Å². The lowest BCUT2D eigenvalue weighted by molar-refractivity contribution is -0.145. The molecule has 0 spiro atoms. The molecule has 0 aliphatic heterocycles. The van der Waals surface area contributed by atoms with Crippen LogP contribution in [-0.2, 0) is 48.2 Å². The van der Waals surface area contributed by atoms with Crippen LogP contribution in [0.1, 0.15) is 73.8 Å². The molecule has 1 aliphatic carbocycles. The summed E-state index contributed by atoms with van der Waals surface area (Å²) in [4.78, 5) is 19.3. The van der Waals surface area contributed by atoms with Crippen molar-refractivity contribution in [1.29, 1.82) is 0 Å². The van der Waals surface area contributed by atoms with E-state index in [4.69, 9.17) is 4.74 Å². The Bertz CT molecular complexity index is 1530. The van der Waals surface area contributed by atoms with Crippen LogP contribution >= 0.6 is 0 Å². The second-order valence-corrected chi connectivity index (χ2v) is 12.3. The molecule has 3 aromatic rings. The van der Waals surface area contributed by atoms with Gasteiger partial charge >= 0.3 is 24.5 Å². The Labute approximate surface area is 278 Å². The van der Waals surface area contributed by atoms with E-state index in [1.807, 2.05) is 11.8 Å². The molecule has 16 heteroatoms. The van der Waals surface area contributed by atoms with Crippen molar-refractivity contribution in [2.75, 3.05) is 29.5 Å². The molecule has 1 aliphatic rings. The zero-order chi connectivity index (χ0) is 36.1. The van der Waals surface area contributed by atoms with Gasteiger partial charge in [0.1, 0.15) is 5.82 Å². The molecule has 0 saturated heterocycles. The predicted octanol–water partition coefficient (Wildman–Crippen LogP) is 8.66. The minimum Gasteiger partial charge on any atom is -0.466 e. The van der Waals surface area contributed by atoms with Crippen LogP contribution in [0.2, 0.25) is 0 Å². The van der Waals surface area contributed by atoms with E-state index in [9.17, 15) is 44.3 Å². The quantitative estimate of drug-likeness (QED) is 0.139. The molecular formula is C33H38F9N5O2. The lowest BCUT2D eigenvalue weighted by atomic mass is 9.80. The number of benzene rings is 1. The first kappa shape index (κ1) is 37.8. The summed E-state index contributed by atoms with van der Waals surface area (Å²) in [6, 6.07) is 3.57. The summed E-state index contributed by atoms with van der Waals surface area (Å²) < 4.78 is 130. The Balaban J connectivity index is 1.68. The average Bonchev–Trinajstić information content (AvgIpc) is 3.45. The number of esters is 1. The van der Waals surface area contributed by atoms with Crippen molar-refractivity contribution in [3.05, 3.63) is 70.5 Å². The van der Waals surface area contributed by atoms with Gasteiger partial charge in [0.25, 0.3) is 0 Å². The van der Waals surface area contributed by atoms with Gasteiger partial charge in [-0.15, -0.1) is 0 Å². The number of ether oxygens (including phenoxy) is 1. The SMILES string of the molecule is CCOC(=O)C[C@H]1CC[C@H](CN(CC)c2ncc(C(F)(F)F)cc2CN(Cc2cc(C(F)(F)F)cc(C(F)(F)F)c2)c2ccn(C)n2)CC1. The first-order valence-electron chi connectivity index (χ1n) is 15.9. The monoisotopic (exact) mass is 707 g/mol. The van der Waals surface area contributed by atoms with Crippen molar-refractivity contribution in [3.63, 3.8) is 0 Å². The number of rotatable bonds is 12. The van der Waals surface area contributed by atoms with E-state index >= 15 is 0 Å². The third-order valence-electron chi connectivity index (χ3n) is 8.56. The highest BCUT2D eigenvalue weighted by Gasteiger charge is 2.37. The third-order valence-corrected chi connectivity index (χ3v) is 8.56. The van der Waals surface area contributed by atoms with Gasteiger partial charge in [0, 0.05) is 63.7 Å². The molecule has 0 radical (unpaired) electrons. The number of hydrogen-bond acceptors (Lipinski definition) is 6. The van der Waals surface area contributed by atoms with Crippen molar-refractivity contribution < 1.29 is 49.0 Å². The van der Waals surface area contributed by atoms with Crippen LogP contribution in [0.4, 0.5) is 51.1 Å². The number of anilines is 2. The molecule has 1 saturated carbocycles. The number of nitrogens with zero attached hydrogens (tertiary/aromatic N) is 5. The first-order chi connectivity index (χ1) is 22.9. The molecule has 0 atom stereocenters. The summed E-state index contributed by atoms with van der Waals surface area (Å²) in [6.07, 6.45) is -9.30. The van der Waals surface area contributed by atoms with Gasteiger partial charge in [0.2, 0.25) is 0 Å². The highest BCUT2D eigenvalue weighted by molar-refractivity contribution is 5.69.